The molecule has 1 aromatic rings. The fraction of sp³-hybridized carbons (Fsp3) is 0.600. The highest BCUT2D eigenvalue weighted by molar-refractivity contribution is 8.01. The van der Waals surface area contributed by atoms with Gasteiger partial charge in [0.2, 0.25) is 16.9 Å². The number of nitrogens with one attached hydrogen (secondary N) is 2. The average Bonchev–Trinajstić information content (AvgIpc) is 2.63. The van der Waals surface area contributed by atoms with Gasteiger partial charge >= 0.3 is 0 Å². The van der Waals surface area contributed by atoms with Crippen molar-refractivity contribution in [2.24, 2.45) is 0 Å². The summed E-state index contributed by atoms with van der Waals surface area (Å²) < 4.78 is 0.835. The van der Waals surface area contributed by atoms with Crippen molar-refractivity contribution in [2.75, 3.05) is 11.9 Å². The summed E-state index contributed by atoms with van der Waals surface area (Å²) in [6.45, 7) is 5.88. The molecule has 100 valence electrons. The van der Waals surface area contributed by atoms with Crippen molar-refractivity contribution in [3.05, 3.63) is 0 Å². The number of rotatable bonds is 6. The number of anilines is 1. The van der Waals surface area contributed by atoms with Crippen LogP contribution in [0.4, 0.5) is 5.13 Å². The minimum atomic E-state index is -0.180. The maximum absolute atomic E-state index is 11.5. The highest BCUT2D eigenvalue weighted by Gasteiger charge is 2.09. The monoisotopic (exact) mass is 288 g/mol. The van der Waals surface area contributed by atoms with Gasteiger partial charge in [-0.15, -0.1) is 10.2 Å². The molecule has 0 unspecified atom stereocenters. The summed E-state index contributed by atoms with van der Waals surface area (Å²) in [4.78, 5) is 22.1. The molecule has 0 aliphatic carbocycles. The van der Waals surface area contributed by atoms with E-state index in [1.165, 1.54) is 18.3 Å². The number of carbonyl (C=O) groups excluding carboxylic acids is 2. The molecule has 2 N–H and O–H groups in total. The lowest BCUT2D eigenvalue weighted by molar-refractivity contribution is -0.119. The van der Waals surface area contributed by atoms with E-state index in [0.717, 1.165) is 4.34 Å². The normalized spacial score (nSPS) is 10.4. The Morgan fingerprint density at radius 2 is 2.11 bits per heavy atom. The molecule has 1 aromatic heterocycles. The molecule has 0 fully saturated rings. The molecule has 0 atom stereocenters. The number of hydrogen-bond acceptors (Lipinski definition) is 6. The van der Waals surface area contributed by atoms with Crippen LogP contribution >= 0.6 is 23.1 Å². The van der Waals surface area contributed by atoms with Gasteiger partial charge in [0.15, 0.2) is 4.34 Å². The molecule has 0 spiro atoms. The molecule has 18 heavy (non-hydrogen) atoms. The van der Waals surface area contributed by atoms with Gasteiger partial charge in [0.05, 0.1) is 0 Å². The van der Waals surface area contributed by atoms with E-state index in [9.17, 15) is 9.59 Å². The lowest BCUT2D eigenvalue weighted by atomic mass is 10.4. The lowest BCUT2D eigenvalue weighted by Gasteiger charge is -2.01. The second kappa shape index (κ2) is 7.32. The molecule has 1 rings (SSSR count). The Morgan fingerprint density at radius 3 is 2.72 bits per heavy atom. The van der Waals surface area contributed by atoms with Gasteiger partial charge < -0.3 is 10.6 Å². The van der Waals surface area contributed by atoms with Crippen LogP contribution in [0, 0.1) is 0 Å². The molecular formula is C10H16N4O2S2. The number of amides is 2. The van der Waals surface area contributed by atoms with Crippen LogP contribution in [0.3, 0.4) is 0 Å². The van der Waals surface area contributed by atoms with Gasteiger partial charge in [-0.1, -0.05) is 36.9 Å². The summed E-state index contributed by atoms with van der Waals surface area (Å²) in [5.74, 6) is -0.324. The highest BCUT2D eigenvalue weighted by atomic mass is 32.2. The molecule has 0 saturated heterocycles. The second-order valence-electron chi connectivity index (χ2n) is 3.82. The second-order valence-corrected chi connectivity index (χ2v) is 6.62. The van der Waals surface area contributed by atoms with Crippen LogP contribution in [0.5, 0.6) is 0 Å². The number of carbonyl (C=O) groups is 2. The van der Waals surface area contributed by atoms with E-state index in [4.69, 9.17) is 0 Å². The first-order chi connectivity index (χ1) is 8.47. The van der Waals surface area contributed by atoms with Crippen LogP contribution < -0.4 is 10.6 Å². The maximum Gasteiger partial charge on any atom is 0.227 e. The van der Waals surface area contributed by atoms with Crippen LogP contribution in [0.1, 0.15) is 27.2 Å². The highest BCUT2D eigenvalue weighted by Crippen LogP contribution is 2.28. The Labute approximate surface area is 114 Å². The van der Waals surface area contributed by atoms with Gasteiger partial charge in [-0.05, 0) is 0 Å². The summed E-state index contributed by atoms with van der Waals surface area (Å²) in [5.41, 5.74) is 0. The Balaban J connectivity index is 2.35. The van der Waals surface area contributed by atoms with Crippen LogP contribution in [-0.4, -0.2) is 33.8 Å². The van der Waals surface area contributed by atoms with Gasteiger partial charge in [0.1, 0.15) is 0 Å². The molecule has 0 bridgehead atoms. The first kappa shape index (κ1) is 14.9. The van der Waals surface area contributed by atoms with Gasteiger partial charge in [-0.2, -0.15) is 0 Å². The predicted octanol–water partition coefficient (Wildman–Crippen LogP) is 1.50. The summed E-state index contributed by atoms with van der Waals surface area (Å²) in [7, 11) is 0. The van der Waals surface area contributed by atoms with E-state index in [0.29, 0.717) is 16.9 Å². The summed E-state index contributed by atoms with van der Waals surface area (Å²) in [6, 6.07) is 0. The first-order valence-electron chi connectivity index (χ1n) is 5.52. The minimum absolute atomic E-state index is 0.144. The number of thioether (sulfide) groups is 1. The Bertz CT molecular complexity index is 420. The van der Waals surface area contributed by atoms with Crippen molar-refractivity contribution in [1.82, 2.24) is 15.5 Å². The van der Waals surface area contributed by atoms with Crippen molar-refractivity contribution in [1.29, 1.82) is 0 Å². The zero-order valence-corrected chi connectivity index (χ0v) is 12.2. The number of nitrogens with zero attached hydrogens (tertiary/aromatic N) is 2. The summed E-state index contributed by atoms with van der Waals surface area (Å²) in [5, 5.41) is 14.0. The molecule has 1 heterocycles. The Morgan fingerprint density at radius 1 is 1.39 bits per heavy atom. The Hall–Kier alpha value is -1.15. The van der Waals surface area contributed by atoms with E-state index in [-0.39, 0.29) is 18.2 Å². The molecular weight excluding hydrogens is 272 g/mol. The van der Waals surface area contributed by atoms with Crippen LogP contribution in [0.2, 0.25) is 0 Å². The summed E-state index contributed by atoms with van der Waals surface area (Å²) >= 11 is 2.96. The topological polar surface area (TPSA) is 84.0 Å². The van der Waals surface area contributed by atoms with Gasteiger partial charge in [0.25, 0.3) is 0 Å². The quantitative estimate of drug-likeness (QED) is 0.612. The van der Waals surface area contributed by atoms with E-state index >= 15 is 0 Å². The first-order valence-corrected chi connectivity index (χ1v) is 7.21. The third-order valence-corrected chi connectivity index (χ3v) is 3.64. The average molecular weight is 288 g/mol. The minimum Gasteiger partial charge on any atom is -0.356 e. The fourth-order valence-electron chi connectivity index (χ4n) is 1.04. The number of hydrogen-bond donors (Lipinski definition) is 2. The van der Waals surface area contributed by atoms with Crippen molar-refractivity contribution >= 4 is 40.0 Å². The molecule has 0 radical (unpaired) electrons. The Kier molecular flexibility index (Phi) is 6.06. The third-order valence-electron chi connectivity index (χ3n) is 1.72. The van der Waals surface area contributed by atoms with E-state index in [1.807, 2.05) is 0 Å². The molecule has 6 nitrogen and oxygen atoms in total. The van der Waals surface area contributed by atoms with Crippen LogP contribution in [0.25, 0.3) is 0 Å². The third kappa shape index (κ3) is 5.97. The van der Waals surface area contributed by atoms with Crippen molar-refractivity contribution < 1.29 is 9.59 Å². The molecule has 0 aliphatic heterocycles. The van der Waals surface area contributed by atoms with Gasteiger partial charge in [-0.25, -0.2) is 0 Å². The largest absolute Gasteiger partial charge is 0.356 e. The van der Waals surface area contributed by atoms with Crippen molar-refractivity contribution in [2.45, 2.75) is 36.8 Å². The zero-order chi connectivity index (χ0) is 13.5. The van der Waals surface area contributed by atoms with E-state index in [1.54, 1.807) is 11.8 Å². The standard InChI is InChI=1S/C10H16N4O2S2/c1-6(2)17-10-14-13-9(18-10)12-8(16)4-5-11-7(3)15/h6H,4-5H2,1-3H3,(H,11,15)(H,12,13,16). The van der Waals surface area contributed by atoms with Crippen LogP contribution in [-0.2, 0) is 9.59 Å². The smallest absolute Gasteiger partial charge is 0.227 e. The van der Waals surface area contributed by atoms with Crippen molar-refractivity contribution in [3.8, 4) is 0 Å². The summed E-state index contributed by atoms with van der Waals surface area (Å²) in [6.07, 6.45) is 0.228. The SMILES string of the molecule is CC(=O)NCCC(=O)Nc1nnc(SC(C)C)s1. The number of aromatic nitrogens is 2. The molecule has 0 aromatic carbocycles. The molecule has 0 aliphatic rings. The van der Waals surface area contributed by atoms with E-state index in [2.05, 4.69) is 34.7 Å². The van der Waals surface area contributed by atoms with Gasteiger partial charge in [0, 0.05) is 25.1 Å². The zero-order valence-electron chi connectivity index (χ0n) is 10.5. The van der Waals surface area contributed by atoms with Crippen molar-refractivity contribution in [3.63, 3.8) is 0 Å². The van der Waals surface area contributed by atoms with E-state index < -0.39 is 0 Å². The molecule has 8 heteroatoms. The van der Waals surface area contributed by atoms with Gasteiger partial charge in [-0.3, -0.25) is 9.59 Å². The van der Waals surface area contributed by atoms with Crippen LogP contribution in [0.15, 0.2) is 4.34 Å². The maximum atomic E-state index is 11.5. The predicted molar refractivity (Wildman–Crippen MR) is 72.8 cm³/mol. The molecule has 2 amide bonds. The fourth-order valence-corrected chi connectivity index (χ4v) is 3.03. The lowest BCUT2D eigenvalue weighted by Crippen LogP contribution is -2.25. The molecule has 0 saturated carbocycles.